The largest absolute Gasteiger partial charge is 0.484 e. The summed E-state index contributed by atoms with van der Waals surface area (Å²) in [6, 6.07) is 4.19. The number of amides is 1. The zero-order valence-corrected chi connectivity index (χ0v) is 13.5. The third kappa shape index (κ3) is 2.43. The van der Waals surface area contributed by atoms with Crippen LogP contribution in [0.3, 0.4) is 0 Å². The summed E-state index contributed by atoms with van der Waals surface area (Å²) < 4.78 is 24.5. The molecular formula is C16H15ClFN3O3. The van der Waals surface area contributed by atoms with E-state index in [1.807, 2.05) is 0 Å². The lowest BCUT2D eigenvalue weighted by molar-refractivity contribution is -0.166. The van der Waals surface area contributed by atoms with Gasteiger partial charge < -0.3 is 14.9 Å². The van der Waals surface area contributed by atoms with Crippen molar-refractivity contribution in [3.05, 3.63) is 40.8 Å². The van der Waals surface area contributed by atoms with Gasteiger partial charge in [-0.2, -0.15) is 0 Å². The van der Waals surface area contributed by atoms with Crippen LogP contribution in [0, 0.1) is 11.2 Å². The van der Waals surface area contributed by atoms with Crippen molar-refractivity contribution in [2.45, 2.75) is 37.7 Å². The summed E-state index contributed by atoms with van der Waals surface area (Å²) in [6.07, 6.45) is 2.98. The number of hydrogen-bond donors (Lipinski definition) is 1. The molecule has 3 aliphatic carbocycles. The maximum atomic E-state index is 13.4. The molecule has 2 aromatic rings. The predicted molar refractivity (Wildman–Crippen MR) is 81.8 cm³/mol. The van der Waals surface area contributed by atoms with E-state index in [9.17, 15) is 9.18 Å². The first-order valence-corrected chi connectivity index (χ1v) is 7.97. The van der Waals surface area contributed by atoms with Crippen LogP contribution in [0.1, 0.15) is 37.5 Å². The zero-order valence-electron chi connectivity index (χ0n) is 12.7. The minimum atomic E-state index is -0.547. The molecule has 0 radical (unpaired) electrons. The molecule has 3 fully saturated rings. The summed E-state index contributed by atoms with van der Waals surface area (Å²) in [5, 5.41) is 8.11. The Morgan fingerprint density at radius 3 is 2.79 bits per heavy atom. The summed E-state index contributed by atoms with van der Waals surface area (Å²) in [5.41, 5.74) is 5.21. The Morgan fingerprint density at radius 2 is 2.12 bits per heavy atom. The van der Waals surface area contributed by atoms with Gasteiger partial charge in [-0.05, 0) is 36.8 Å². The fourth-order valence-electron chi connectivity index (χ4n) is 4.02. The number of nitrogens with two attached hydrogens (primary N) is 1. The fraction of sp³-hybridized carbons (Fsp3) is 0.438. The van der Waals surface area contributed by atoms with Crippen LogP contribution >= 0.6 is 11.6 Å². The van der Waals surface area contributed by atoms with Crippen LogP contribution in [0.4, 0.5) is 4.39 Å². The lowest BCUT2D eigenvalue weighted by Crippen LogP contribution is -2.65. The molecule has 6 nitrogen and oxygen atoms in total. The Morgan fingerprint density at radius 1 is 1.38 bits per heavy atom. The van der Waals surface area contributed by atoms with Crippen LogP contribution in [0.2, 0.25) is 5.02 Å². The number of ether oxygens (including phenoxy) is 1. The number of carbonyl (C=O) groups excluding carboxylic acids is 1. The van der Waals surface area contributed by atoms with Crippen LogP contribution in [0.15, 0.2) is 22.6 Å². The molecular weight excluding hydrogens is 337 g/mol. The smallest absolute Gasteiger partial charge is 0.253 e. The monoisotopic (exact) mass is 351 g/mol. The first-order chi connectivity index (χ1) is 11.4. The van der Waals surface area contributed by atoms with Crippen LogP contribution < -0.4 is 10.5 Å². The van der Waals surface area contributed by atoms with Gasteiger partial charge in [-0.3, -0.25) is 4.79 Å². The van der Waals surface area contributed by atoms with Gasteiger partial charge in [0.15, 0.2) is 6.61 Å². The summed E-state index contributed by atoms with van der Waals surface area (Å²) in [7, 11) is 0. The number of aromatic nitrogens is 2. The quantitative estimate of drug-likeness (QED) is 0.864. The van der Waals surface area contributed by atoms with Crippen molar-refractivity contribution in [1.29, 1.82) is 0 Å². The van der Waals surface area contributed by atoms with Gasteiger partial charge in [0.05, 0.1) is 10.4 Å². The van der Waals surface area contributed by atoms with Crippen molar-refractivity contribution >= 4 is 17.5 Å². The number of hydrogen-bond acceptors (Lipinski definition) is 5. The number of nitrogens with zero attached hydrogens (tertiary/aromatic N) is 2. The van der Waals surface area contributed by atoms with Gasteiger partial charge in [-0.1, -0.05) is 11.6 Å². The molecule has 0 spiro atoms. The van der Waals surface area contributed by atoms with Crippen molar-refractivity contribution in [3.63, 3.8) is 0 Å². The molecule has 126 valence electrons. The van der Waals surface area contributed by atoms with Gasteiger partial charge in [0.1, 0.15) is 11.6 Å². The van der Waals surface area contributed by atoms with Crippen LogP contribution in [-0.4, -0.2) is 16.1 Å². The van der Waals surface area contributed by atoms with E-state index in [0.29, 0.717) is 24.0 Å². The van der Waals surface area contributed by atoms with Crippen molar-refractivity contribution in [2.24, 2.45) is 11.1 Å². The number of carbonyl (C=O) groups is 1. The number of rotatable bonds is 6. The number of primary amides is 1. The molecule has 3 saturated carbocycles. The summed E-state index contributed by atoms with van der Waals surface area (Å²) in [5.74, 6) is 0.429. The highest BCUT2D eigenvalue weighted by molar-refractivity contribution is 6.30. The fourth-order valence-corrected chi connectivity index (χ4v) is 4.14. The van der Waals surface area contributed by atoms with Crippen molar-refractivity contribution < 1.29 is 18.3 Å². The van der Waals surface area contributed by atoms with Crippen molar-refractivity contribution in [2.75, 3.05) is 0 Å². The Bertz CT molecular complexity index is 803. The zero-order chi connectivity index (χ0) is 16.9. The Balaban J connectivity index is 1.37. The topological polar surface area (TPSA) is 91.2 Å². The second kappa shape index (κ2) is 5.17. The van der Waals surface area contributed by atoms with E-state index in [-0.39, 0.29) is 28.4 Å². The highest BCUT2D eigenvalue weighted by Crippen LogP contribution is 2.74. The van der Waals surface area contributed by atoms with E-state index < -0.39 is 5.82 Å². The van der Waals surface area contributed by atoms with E-state index in [2.05, 4.69) is 10.2 Å². The molecule has 1 aromatic heterocycles. The summed E-state index contributed by atoms with van der Waals surface area (Å²) in [6.45, 7) is 0.0522. The lowest BCUT2D eigenvalue weighted by Gasteiger charge is -2.68. The van der Waals surface area contributed by atoms with Crippen LogP contribution in [0.5, 0.6) is 5.75 Å². The molecule has 0 saturated heterocycles. The molecule has 5 rings (SSSR count). The van der Waals surface area contributed by atoms with Gasteiger partial charge in [-0.15, -0.1) is 10.2 Å². The molecule has 3 aliphatic rings. The third-order valence-electron chi connectivity index (χ3n) is 4.86. The summed E-state index contributed by atoms with van der Waals surface area (Å²) in [4.78, 5) is 11.1. The van der Waals surface area contributed by atoms with E-state index in [0.717, 1.165) is 19.3 Å². The average Bonchev–Trinajstić information content (AvgIpc) is 2.91. The molecule has 0 aliphatic heterocycles. The standard InChI is InChI=1S/C16H15ClFN3O3/c17-10-2-1-9(3-11(10)18)23-5-13-20-21-14(24-13)16-6-15(7-16,8-16)4-12(19)22/h1-3H,4-8H2,(H2,19,22). The SMILES string of the molecule is NC(=O)CC12CC(c3nnc(COc4ccc(Cl)c(F)c4)o3)(C1)C2. The molecule has 2 N–H and O–H groups in total. The normalized spacial score (nSPS) is 27.2. The van der Waals surface area contributed by atoms with E-state index in [1.54, 1.807) is 6.07 Å². The highest BCUT2D eigenvalue weighted by Gasteiger charge is 2.71. The maximum absolute atomic E-state index is 13.4. The van der Waals surface area contributed by atoms with E-state index in [1.165, 1.54) is 12.1 Å². The number of halogens is 2. The van der Waals surface area contributed by atoms with Gasteiger partial charge in [0.2, 0.25) is 11.8 Å². The second-order valence-electron chi connectivity index (χ2n) is 6.82. The molecule has 1 aromatic carbocycles. The molecule has 1 heterocycles. The molecule has 1 amide bonds. The summed E-state index contributed by atoms with van der Waals surface area (Å²) >= 11 is 5.62. The molecule has 0 atom stereocenters. The predicted octanol–water partition coefficient (Wildman–Crippen LogP) is 2.74. The Labute approximate surface area is 142 Å². The molecule has 2 bridgehead atoms. The van der Waals surface area contributed by atoms with E-state index in [4.69, 9.17) is 26.5 Å². The molecule has 24 heavy (non-hydrogen) atoms. The van der Waals surface area contributed by atoms with Gasteiger partial charge >= 0.3 is 0 Å². The van der Waals surface area contributed by atoms with Gasteiger partial charge in [0, 0.05) is 12.5 Å². The second-order valence-corrected chi connectivity index (χ2v) is 7.23. The first-order valence-electron chi connectivity index (χ1n) is 7.59. The molecule has 8 heteroatoms. The minimum absolute atomic E-state index is 0.0379. The van der Waals surface area contributed by atoms with Crippen molar-refractivity contribution in [3.8, 4) is 5.75 Å². The average molecular weight is 352 g/mol. The highest BCUT2D eigenvalue weighted by atomic mass is 35.5. The lowest BCUT2D eigenvalue weighted by atomic mass is 9.34. The maximum Gasteiger partial charge on any atom is 0.253 e. The van der Waals surface area contributed by atoms with Crippen LogP contribution in [-0.2, 0) is 16.8 Å². The Kier molecular flexibility index (Phi) is 3.32. The number of benzene rings is 1. The molecule has 0 unspecified atom stereocenters. The third-order valence-corrected chi connectivity index (χ3v) is 5.17. The Hall–Kier alpha value is -2.15. The minimum Gasteiger partial charge on any atom is -0.484 e. The van der Waals surface area contributed by atoms with Crippen molar-refractivity contribution in [1.82, 2.24) is 10.2 Å². The van der Waals surface area contributed by atoms with E-state index >= 15 is 0 Å². The van der Waals surface area contributed by atoms with Crippen LogP contribution in [0.25, 0.3) is 0 Å². The first kappa shape index (κ1) is 15.4. The van der Waals surface area contributed by atoms with Gasteiger partial charge in [-0.25, -0.2) is 4.39 Å². The van der Waals surface area contributed by atoms with Gasteiger partial charge in [0.25, 0.3) is 5.89 Å².